The number of methoxy groups -OCH3 is 1. The van der Waals surface area contributed by atoms with E-state index in [-0.39, 0.29) is 12.5 Å². The van der Waals surface area contributed by atoms with Crippen LogP contribution in [0.1, 0.15) is 0 Å². The van der Waals surface area contributed by atoms with Gasteiger partial charge in [0.1, 0.15) is 6.04 Å². The van der Waals surface area contributed by atoms with Crippen LogP contribution in [-0.4, -0.2) is 31.9 Å². The summed E-state index contributed by atoms with van der Waals surface area (Å²) >= 11 is 1.65. The third-order valence-electron chi connectivity index (χ3n) is 2.04. The molecule has 0 aromatic heterocycles. The zero-order chi connectivity index (χ0) is 12.0. The number of benzene rings is 1. The minimum Gasteiger partial charge on any atom is -0.383 e. The maximum absolute atomic E-state index is 11.5. The molecule has 0 saturated heterocycles. The molecule has 0 bridgehead atoms. The molecule has 88 valence electrons. The molecule has 1 rings (SSSR count). The van der Waals surface area contributed by atoms with Gasteiger partial charge in [0.15, 0.2) is 0 Å². The van der Waals surface area contributed by atoms with Crippen molar-refractivity contribution < 1.29 is 9.53 Å². The Bertz CT molecular complexity index is 340. The smallest absolute Gasteiger partial charge is 0.243 e. The van der Waals surface area contributed by atoms with Gasteiger partial charge in [-0.2, -0.15) is 0 Å². The monoisotopic (exact) mass is 240 g/mol. The van der Waals surface area contributed by atoms with Gasteiger partial charge in [-0.3, -0.25) is 4.79 Å². The molecule has 0 saturated carbocycles. The van der Waals surface area contributed by atoms with Crippen molar-refractivity contribution >= 4 is 23.4 Å². The van der Waals surface area contributed by atoms with Crippen molar-refractivity contribution in [1.82, 2.24) is 0 Å². The summed E-state index contributed by atoms with van der Waals surface area (Å²) in [6.45, 7) is 0.217. The highest BCUT2D eigenvalue weighted by Crippen LogP contribution is 2.17. The van der Waals surface area contributed by atoms with Crippen LogP contribution in [-0.2, 0) is 9.53 Å². The standard InChI is InChI=1S/C11H16N2O2S/c1-15-7-10(12)11(14)13-8-3-5-9(16-2)6-4-8/h3-6,10H,7,12H2,1-2H3,(H,13,14). The van der Waals surface area contributed by atoms with Gasteiger partial charge in [0.05, 0.1) is 6.61 Å². The second-order valence-corrected chi connectivity index (χ2v) is 4.16. The molecule has 0 aliphatic heterocycles. The molecule has 0 aliphatic rings. The molecule has 1 aromatic rings. The highest BCUT2D eigenvalue weighted by atomic mass is 32.2. The van der Waals surface area contributed by atoms with E-state index in [4.69, 9.17) is 10.5 Å². The van der Waals surface area contributed by atoms with Crippen LogP contribution in [0.3, 0.4) is 0 Å². The Morgan fingerprint density at radius 3 is 2.62 bits per heavy atom. The Kier molecular flexibility index (Phi) is 5.31. The van der Waals surface area contributed by atoms with E-state index >= 15 is 0 Å². The van der Waals surface area contributed by atoms with Crippen LogP contribution in [0.2, 0.25) is 0 Å². The maximum Gasteiger partial charge on any atom is 0.243 e. The summed E-state index contributed by atoms with van der Waals surface area (Å²) in [5, 5.41) is 2.72. The van der Waals surface area contributed by atoms with Gasteiger partial charge in [-0.15, -0.1) is 11.8 Å². The summed E-state index contributed by atoms with van der Waals surface area (Å²) < 4.78 is 4.81. The van der Waals surface area contributed by atoms with Gasteiger partial charge in [-0.25, -0.2) is 0 Å². The Hall–Kier alpha value is -1.04. The first-order valence-electron chi connectivity index (χ1n) is 4.87. The minimum absolute atomic E-state index is 0.217. The molecule has 0 fully saturated rings. The molecule has 0 heterocycles. The highest BCUT2D eigenvalue weighted by molar-refractivity contribution is 7.98. The first-order chi connectivity index (χ1) is 7.67. The number of carbonyl (C=O) groups is 1. The molecule has 4 nitrogen and oxygen atoms in total. The Morgan fingerprint density at radius 1 is 1.50 bits per heavy atom. The first kappa shape index (κ1) is 13.0. The summed E-state index contributed by atoms with van der Waals surface area (Å²) in [4.78, 5) is 12.7. The van der Waals surface area contributed by atoms with Crippen molar-refractivity contribution in [3.63, 3.8) is 0 Å². The van der Waals surface area contributed by atoms with E-state index in [9.17, 15) is 4.79 Å². The van der Waals surface area contributed by atoms with Crippen LogP contribution >= 0.6 is 11.8 Å². The van der Waals surface area contributed by atoms with E-state index in [1.807, 2.05) is 30.5 Å². The van der Waals surface area contributed by atoms with E-state index in [0.29, 0.717) is 0 Å². The van der Waals surface area contributed by atoms with Crippen LogP contribution in [0.15, 0.2) is 29.2 Å². The number of carbonyl (C=O) groups excluding carboxylic acids is 1. The molecular weight excluding hydrogens is 224 g/mol. The van der Waals surface area contributed by atoms with Crippen molar-refractivity contribution in [3.05, 3.63) is 24.3 Å². The molecule has 1 atom stereocenters. The number of hydrogen-bond acceptors (Lipinski definition) is 4. The third-order valence-corrected chi connectivity index (χ3v) is 2.78. The van der Waals surface area contributed by atoms with E-state index in [1.54, 1.807) is 11.8 Å². The molecule has 0 spiro atoms. The van der Waals surface area contributed by atoms with E-state index < -0.39 is 6.04 Å². The quantitative estimate of drug-likeness (QED) is 0.762. The zero-order valence-electron chi connectivity index (χ0n) is 9.40. The number of nitrogens with two attached hydrogens (primary N) is 1. The number of nitrogens with one attached hydrogen (secondary N) is 1. The van der Waals surface area contributed by atoms with Gasteiger partial charge >= 0.3 is 0 Å². The number of anilines is 1. The second-order valence-electron chi connectivity index (χ2n) is 3.28. The molecule has 0 aliphatic carbocycles. The Labute approximate surface area is 99.5 Å². The van der Waals surface area contributed by atoms with E-state index in [0.717, 1.165) is 10.6 Å². The van der Waals surface area contributed by atoms with Crippen LogP contribution in [0.25, 0.3) is 0 Å². The lowest BCUT2D eigenvalue weighted by atomic mass is 10.2. The van der Waals surface area contributed by atoms with Gasteiger partial charge in [0.2, 0.25) is 5.91 Å². The van der Waals surface area contributed by atoms with Gasteiger partial charge in [-0.1, -0.05) is 0 Å². The number of amides is 1. The maximum atomic E-state index is 11.5. The molecule has 1 unspecified atom stereocenters. The van der Waals surface area contributed by atoms with Gasteiger partial charge in [0.25, 0.3) is 0 Å². The average Bonchev–Trinajstić information content (AvgIpc) is 2.30. The normalized spacial score (nSPS) is 12.2. The summed E-state index contributed by atoms with van der Waals surface area (Å²) in [6, 6.07) is 6.96. The first-order valence-corrected chi connectivity index (χ1v) is 6.09. The van der Waals surface area contributed by atoms with Crippen molar-refractivity contribution in [3.8, 4) is 0 Å². The lowest BCUT2D eigenvalue weighted by Crippen LogP contribution is -2.39. The molecule has 5 heteroatoms. The fourth-order valence-electron chi connectivity index (χ4n) is 1.16. The van der Waals surface area contributed by atoms with Crippen molar-refractivity contribution in [1.29, 1.82) is 0 Å². The molecule has 3 N–H and O–H groups in total. The van der Waals surface area contributed by atoms with Crippen LogP contribution in [0.4, 0.5) is 5.69 Å². The SMILES string of the molecule is COCC(N)C(=O)Nc1ccc(SC)cc1. The average molecular weight is 240 g/mol. The predicted octanol–water partition coefficient (Wildman–Crippen LogP) is 1.32. The lowest BCUT2D eigenvalue weighted by molar-refractivity contribution is -0.118. The number of thioether (sulfide) groups is 1. The summed E-state index contributed by atoms with van der Waals surface area (Å²) in [5.74, 6) is -0.237. The van der Waals surface area contributed by atoms with Gasteiger partial charge in [0, 0.05) is 17.7 Å². The van der Waals surface area contributed by atoms with E-state index in [2.05, 4.69) is 5.32 Å². The van der Waals surface area contributed by atoms with Crippen molar-refractivity contribution in [2.75, 3.05) is 25.3 Å². The van der Waals surface area contributed by atoms with E-state index in [1.165, 1.54) is 7.11 Å². The minimum atomic E-state index is -0.634. The molecular formula is C11H16N2O2S. The van der Waals surface area contributed by atoms with Crippen LogP contribution in [0.5, 0.6) is 0 Å². The van der Waals surface area contributed by atoms with Crippen LogP contribution < -0.4 is 11.1 Å². The Morgan fingerprint density at radius 2 is 2.12 bits per heavy atom. The van der Waals surface area contributed by atoms with Gasteiger partial charge < -0.3 is 15.8 Å². The van der Waals surface area contributed by atoms with Gasteiger partial charge in [-0.05, 0) is 30.5 Å². The predicted molar refractivity (Wildman–Crippen MR) is 66.7 cm³/mol. The number of rotatable bonds is 5. The second kappa shape index (κ2) is 6.52. The van der Waals surface area contributed by atoms with Crippen LogP contribution in [0, 0.1) is 0 Å². The molecule has 16 heavy (non-hydrogen) atoms. The largest absolute Gasteiger partial charge is 0.383 e. The zero-order valence-corrected chi connectivity index (χ0v) is 10.2. The molecule has 0 radical (unpaired) electrons. The fraction of sp³-hybridized carbons (Fsp3) is 0.364. The number of hydrogen-bond donors (Lipinski definition) is 2. The molecule has 1 aromatic carbocycles. The summed E-state index contributed by atoms with van der Waals surface area (Å²) in [7, 11) is 1.51. The van der Waals surface area contributed by atoms with Crippen molar-refractivity contribution in [2.24, 2.45) is 5.73 Å². The Balaban J connectivity index is 2.55. The van der Waals surface area contributed by atoms with Crippen molar-refractivity contribution in [2.45, 2.75) is 10.9 Å². The lowest BCUT2D eigenvalue weighted by Gasteiger charge is -2.11. The number of ether oxygens (including phenoxy) is 1. The summed E-state index contributed by atoms with van der Waals surface area (Å²) in [5.41, 5.74) is 6.34. The fourth-order valence-corrected chi connectivity index (χ4v) is 1.57. The highest BCUT2D eigenvalue weighted by Gasteiger charge is 2.12. The summed E-state index contributed by atoms with van der Waals surface area (Å²) in [6.07, 6.45) is 2.00. The third kappa shape index (κ3) is 3.84. The topological polar surface area (TPSA) is 64.3 Å². The molecule has 1 amide bonds.